The zero-order valence-corrected chi connectivity index (χ0v) is 8.15. The van der Waals surface area contributed by atoms with Gasteiger partial charge in [-0.2, -0.15) is 0 Å². The Bertz CT molecular complexity index is 413. The molecule has 0 saturated heterocycles. The van der Waals surface area contributed by atoms with E-state index in [9.17, 15) is 0 Å². The van der Waals surface area contributed by atoms with Crippen LogP contribution in [-0.4, -0.2) is 10.1 Å². The van der Waals surface area contributed by atoms with Gasteiger partial charge in [-0.25, -0.2) is 0 Å². The first-order valence-electron chi connectivity index (χ1n) is 3.60. The van der Waals surface area contributed by atoms with E-state index in [-0.39, 0.29) is 0 Å². The van der Waals surface area contributed by atoms with Crippen LogP contribution in [0.2, 0.25) is 0 Å². The predicted molar refractivity (Wildman–Crippen MR) is 51.8 cm³/mol. The van der Waals surface area contributed by atoms with Crippen molar-refractivity contribution in [2.24, 2.45) is 0 Å². The average Bonchev–Trinajstić information content (AvgIpc) is 2.49. The second-order valence-corrected chi connectivity index (χ2v) is 3.24. The minimum absolute atomic E-state index is 0.354. The van der Waals surface area contributed by atoms with Gasteiger partial charge in [-0.3, -0.25) is 4.98 Å². The Morgan fingerprint density at radius 3 is 2.54 bits per heavy atom. The lowest BCUT2D eigenvalue weighted by molar-refractivity contribution is 0.435. The number of anilines is 1. The van der Waals surface area contributed by atoms with Crippen LogP contribution in [0.3, 0.4) is 0 Å². The first-order chi connectivity index (χ1) is 6.29. The van der Waals surface area contributed by atoms with E-state index in [1.807, 2.05) is 12.1 Å². The molecule has 0 aromatic carbocycles. The molecule has 2 N–H and O–H groups in total. The summed E-state index contributed by atoms with van der Waals surface area (Å²) in [5.41, 5.74) is 6.41. The van der Waals surface area contributed by atoms with E-state index >= 15 is 0 Å². The quantitative estimate of drug-likeness (QED) is 0.828. The zero-order chi connectivity index (χ0) is 9.26. The molecule has 0 aliphatic carbocycles. The van der Waals surface area contributed by atoms with Crippen LogP contribution >= 0.6 is 15.9 Å². The molecule has 0 aliphatic rings. The molecule has 0 unspecified atom stereocenters. The van der Waals surface area contributed by atoms with Crippen molar-refractivity contribution in [2.45, 2.75) is 0 Å². The van der Waals surface area contributed by atoms with Crippen LogP contribution in [0.5, 0.6) is 0 Å². The summed E-state index contributed by atoms with van der Waals surface area (Å²) in [6, 6.07) is 3.65. The summed E-state index contributed by atoms with van der Waals surface area (Å²) < 4.78 is 5.71. The standard InChI is InChI=1S/C8H6BrN3O/c9-6-7(13-12-8(6)10)5-1-3-11-4-2-5/h1-4H,(H2,10,12). The molecule has 2 rings (SSSR count). The van der Waals surface area contributed by atoms with Gasteiger partial charge >= 0.3 is 0 Å². The van der Waals surface area contributed by atoms with Crippen molar-refractivity contribution < 1.29 is 4.52 Å². The maximum absolute atomic E-state index is 5.51. The monoisotopic (exact) mass is 239 g/mol. The van der Waals surface area contributed by atoms with Crippen molar-refractivity contribution in [3.63, 3.8) is 0 Å². The van der Waals surface area contributed by atoms with Crippen molar-refractivity contribution in [1.82, 2.24) is 10.1 Å². The number of halogens is 1. The zero-order valence-electron chi connectivity index (χ0n) is 6.57. The maximum Gasteiger partial charge on any atom is 0.183 e. The Morgan fingerprint density at radius 2 is 2.00 bits per heavy atom. The van der Waals surface area contributed by atoms with Gasteiger partial charge in [0.25, 0.3) is 0 Å². The molecule has 2 heterocycles. The third-order valence-corrected chi connectivity index (χ3v) is 2.37. The van der Waals surface area contributed by atoms with Crippen molar-refractivity contribution in [3.05, 3.63) is 29.0 Å². The molecule has 2 aromatic heterocycles. The maximum atomic E-state index is 5.51. The number of nitrogens with two attached hydrogens (primary N) is 1. The molecule has 66 valence electrons. The second-order valence-electron chi connectivity index (χ2n) is 2.45. The van der Waals surface area contributed by atoms with Gasteiger partial charge in [0, 0.05) is 18.0 Å². The van der Waals surface area contributed by atoms with Gasteiger partial charge < -0.3 is 10.3 Å². The smallest absolute Gasteiger partial charge is 0.183 e. The summed E-state index contributed by atoms with van der Waals surface area (Å²) in [5.74, 6) is 0.978. The lowest BCUT2D eigenvalue weighted by Gasteiger charge is -1.93. The highest BCUT2D eigenvalue weighted by atomic mass is 79.9. The molecule has 0 aliphatic heterocycles. The molecule has 5 heteroatoms. The van der Waals surface area contributed by atoms with Crippen LogP contribution in [0.4, 0.5) is 5.82 Å². The minimum Gasteiger partial charge on any atom is -0.380 e. The lowest BCUT2D eigenvalue weighted by Crippen LogP contribution is -1.83. The van der Waals surface area contributed by atoms with Gasteiger partial charge in [0.2, 0.25) is 0 Å². The van der Waals surface area contributed by atoms with E-state index < -0.39 is 0 Å². The van der Waals surface area contributed by atoms with Gasteiger partial charge in [-0.1, -0.05) is 5.16 Å². The first kappa shape index (κ1) is 8.25. The van der Waals surface area contributed by atoms with Crippen LogP contribution in [0.15, 0.2) is 33.5 Å². The Hall–Kier alpha value is -1.36. The summed E-state index contributed by atoms with van der Waals surface area (Å²) in [6.45, 7) is 0. The van der Waals surface area contributed by atoms with E-state index in [1.54, 1.807) is 12.4 Å². The topological polar surface area (TPSA) is 64.9 Å². The Labute approximate surface area is 82.9 Å². The fourth-order valence-corrected chi connectivity index (χ4v) is 1.35. The fourth-order valence-electron chi connectivity index (χ4n) is 0.974. The largest absolute Gasteiger partial charge is 0.380 e. The number of pyridine rings is 1. The summed E-state index contributed by atoms with van der Waals surface area (Å²) in [4.78, 5) is 3.90. The molecule has 0 fully saturated rings. The van der Waals surface area contributed by atoms with Gasteiger partial charge in [-0.15, -0.1) is 0 Å². The molecule has 0 bridgehead atoms. The number of nitrogen functional groups attached to an aromatic ring is 1. The Balaban J connectivity index is 2.53. The molecular weight excluding hydrogens is 234 g/mol. The molecule has 2 aromatic rings. The van der Waals surface area contributed by atoms with E-state index in [1.165, 1.54) is 0 Å². The van der Waals surface area contributed by atoms with Crippen molar-refractivity contribution >= 4 is 21.7 Å². The van der Waals surface area contributed by atoms with E-state index in [4.69, 9.17) is 10.3 Å². The summed E-state index contributed by atoms with van der Waals surface area (Å²) in [5, 5.41) is 3.63. The van der Waals surface area contributed by atoms with Gasteiger partial charge in [0.1, 0.15) is 4.47 Å². The lowest BCUT2D eigenvalue weighted by atomic mass is 10.2. The van der Waals surface area contributed by atoms with Crippen molar-refractivity contribution in [2.75, 3.05) is 5.73 Å². The molecule has 0 atom stereocenters. The van der Waals surface area contributed by atoms with Crippen molar-refractivity contribution in [1.29, 1.82) is 0 Å². The molecule has 4 nitrogen and oxygen atoms in total. The first-order valence-corrected chi connectivity index (χ1v) is 4.39. The molecular formula is C8H6BrN3O. The van der Waals surface area contributed by atoms with Crippen LogP contribution in [0.25, 0.3) is 11.3 Å². The highest BCUT2D eigenvalue weighted by molar-refractivity contribution is 9.10. The van der Waals surface area contributed by atoms with E-state index in [0.717, 1.165) is 5.56 Å². The van der Waals surface area contributed by atoms with Gasteiger partial charge in [0.05, 0.1) is 0 Å². The number of hydrogen-bond acceptors (Lipinski definition) is 4. The van der Waals surface area contributed by atoms with Crippen LogP contribution in [-0.2, 0) is 0 Å². The Morgan fingerprint density at radius 1 is 1.31 bits per heavy atom. The second kappa shape index (κ2) is 3.18. The molecule has 13 heavy (non-hydrogen) atoms. The van der Waals surface area contributed by atoms with Gasteiger partial charge in [-0.05, 0) is 28.1 Å². The van der Waals surface area contributed by atoms with Gasteiger partial charge in [0.15, 0.2) is 11.6 Å². The Kier molecular flexibility index (Phi) is 2.02. The number of nitrogens with zero attached hydrogens (tertiary/aromatic N) is 2. The minimum atomic E-state index is 0.354. The van der Waals surface area contributed by atoms with E-state index in [2.05, 4.69) is 26.1 Å². The highest BCUT2D eigenvalue weighted by Crippen LogP contribution is 2.31. The number of rotatable bonds is 1. The van der Waals surface area contributed by atoms with Crippen LogP contribution in [0.1, 0.15) is 0 Å². The highest BCUT2D eigenvalue weighted by Gasteiger charge is 2.11. The SMILES string of the molecule is Nc1noc(-c2ccncc2)c1Br. The number of aromatic nitrogens is 2. The van der Waals surface area contributed by atoms with Crippen molar-refractivity contribution in [3.8, 4) is 11.3 Å². The normalized spacial score (nSPS) is 10.2. The molecule has 0 amide bonds. The average molecular weight is 240 g/mol. The third kappa shape index (κ3) is 1.42. The summed E-state index contributed by atoms with van der Waals surface area (Å²) in [7, 11) is 0. The fraction of sp³-hybridized carbons (Fsp3) is 0. The number of hydrogen-bond donors (Lipinski definition) is 1. The predicted octanol–water partition coefficient (Wildman–Crippen LogP) is 2.08. The third-order valence-electron chi connectivity index (χ3n) is 1.60. The van der Waals surface area contributed by atoms with Crippen LogP contribution < -0.4 is 5.73 Å². The van der Waals surface area contributed by atoms with E-state index in [0.29, 0.717) is 16.1 Å². The molecule has 0 radical (unpaired) electrons. The summed E-state index contributed by atoms with van der Waals surface area (Å²) >= 11 is 3.29. The molecule has 0 spiro atoms. The van der Waals surface area contributed by atoms with Crippen LogP contribution in [0, 0.1) is 0 Å². The summed E-state index contributed by atoms with van der Waals surface area (Å²) in [6.07, 6.45) is 3.36. The molecule has 0 saturated carbocycles.